The van der Waals surface area contributed by atoms with Crippen LogP contribution in [0.25, 0.3) is 22.2 Å². The predicted octanol–water partition coefficient (Wildman–Crippen LogP) is 4.14. The van der Waals surface area contributed by atoms with Crippen LogP contribution < -0.4 is 14.3 Å². The number of hydrogen-bond acceptors (Lipinski definition) is 6. The van der Waals surface area contributed by atoms with Crippen LogP contribution in [0.4, 0.5) is 0 Å². The molecule has 0 amide bonds. The third-order valence-electron chi connectivity index (χ3n) is 4.84. The van der Waals surface area contributed by atoms with Crippen LogP contribution in [0.1, 0.15) is 5.56 Å². The van der Waals surface area contributed by atoms with E-state index in [-0.39, 0.29) is 0 Å². The first-order chi connectivity index (χ1) is 15.2. The molecule has 4 aromatic rings. The maximum atomic E-state index is 5.60. The Balaban J connectivity index is 1.84. The van der Waals surface area contributed by atoms with Gasteiger partial charge in [0.25, 0.3) is 0 Å². The van der Waals surface area contributed by atoms with Crippen molar-refractivity contribution in [1.82, 2.24) is 9.66 Å². The summed E-state index contributed by atoms with van der Waals surface area (Å²) in [6.07, 6.45) is 3.80. The molecule has 0 saturated heterocycles. The van der Waals surface area contributed by atoms with Gasteiger partial charge in [0.1, 0.15) is 11.5 Å². The molecule has 8 heteroatoms. The number of H-pyrrole nitrogens is 1. The van der Waals surface area contributed by atoms with E-state index in [0.29, 0.717) is 13.2 Å². The van der Waals surface area contributed by atoms with Gasteiger partial charge in [0.2, 0.25) is 4.80 Å². The van der Waals surface area contributed by atoms with E-state index in [0.717, 1.165) is 44.0 Å². The van der Waals surface area contributed by atoms with E-state index in [4.69, 9.17) is 19.3 Å². The molecule has 0 atom stereocenters. The lowest BCUT2D eigenvalue weighted by molar-refractivity contribution is 0.207. The second-order valence-electron chi connectivity index (χ2n) is 6.69. The van der Waals surface area contributed by atoms with E-state index < -0.39 is 0 Å². The van der Waals surface area contributed by atoms with Gasteiger partial charge in [-0.15, -0.1) is 11.3 Å². The van der Waals surface area contributed by atoms with Crippen LogP contribution in [0.2, 0.25) is 0 Å². The summed E-state index contributed by atoms with van der Waals surface area (Å²) < 4.78 is 18.0. The van der Waals surface area contributed by atoms with Gasteiger partial charge in [-0.3, -0.25) is 4.99 Å². The number of thiazole rings is 1. The van der Waals surface area contributed by atoms with Crippen LogP contribution in [0, 0.1) is 0 Å². The highest BCUT2D eigenvalue weighted by Gasteiger charge is 2.14. The van der Waals surface area contributed by atoms with Crippen LogP contribution in [0.3, 0.4) is 0 Å². The molecule has 31 heavy (non-hydrogen) atoms. The van der Waals surface area contributed by atoms with Crippen LogP contribution in [0.5, 0.6) is 11.5 Å². The van der Waals surface area contributed by atoms with Gasteiger partial charge in [0.15, 0.2) is 0 Å². The minimum atomic E-state index is 0.544. The van der Waals surface area contributed by atoms with Crippen molar-refractivity contribution in [2.75, 3.05) is 34.5 Å². The zero-order valence-corrected chi connectivity index (χ0v) is 18.5. The fourth-order valence-corrected chi connectivity index (χ4v) is 4.13. The number of hydrogen-bond donors (Lipinski definition) is 1. The molecular weight excluding hydrogens is 412 g/mol. The van der Waals surface area contributed by atoms with Gasteiger partial charge < -0.3 is 19.2 Å². The summed E-state index contributed by atoms with van der Waals surface area (Å²) >= 11 is 1.52. The molecule has 2 aromatic carbocycles. The molecule has 2 aromatic heterocycles. The number of ether oxygens (including phenoxy) is 3. The number of benzene rings is 2. The lowest BCUT2D eigenvalue weighted by Crippen LogP contribution is -2.14. The minimum Gasteiger partial charge on any atom is -0.497 e. The summed E-state index contributed by atoms with van der Waals surface area (Å²) in [4.78, 5) is 8.72. The monoisotopic (exact) mass is 436 g/mol. The number of aromatic nitrogens is 2. The van der Waals surface area contributed by atoms with Crippen LogP contribution >= 0.6 is 11.3 Å². The third kappa shape index (κ3) is 4.40. The van der Waals surface area contributed by atoms with E-state index in [1.807, 2.05) is 58.9 Å². The van der Waals surface area contributed by atoms with Crippen molar-refractivity contribution < 1.29 is 14.2 Å². The maximum Gasteiger partial charge on any atom is 0.206 e. The average molecular weight is 437 g/mol. The van der Waals surface area contributed by atoms with E-state index in [1.54, 1.807) is 21.3 Å². The molecule has 4 rings (SSSR count). The van der Waals surface area contributed by atoms with Crippen LogP contribution in [-0.4, -0.2) is 50.4 Å². The Kier molecular flexibility index (Phi) is 6.49. The number of nitrogens with zero attached hydrogens (tertiary/aromatic N) is 3. The lowest BCUT2D eigenvalue weighted by Gasteiger charge is -2.11. The first kappa shape index (κ1) is 20.9. The van der Waals surface area contributed by atoms with Crippen molar-refractivity contribution in [3.8, 4) is 22.8 Å². The molecular formula is C23H24N4O3S. The van der Waals surface area contributed by atoms with E-state index in [9.17, 15) is 0 Å². The molecule has 160 valence electrons. The lowest BCUT2D eigenvalue weighted by atomic mass is 10.1. The standard InChI is InChI=1S/C23H24N4O3S/c1-28-11-10-24-23-27(26-14-16-13-25-20-7-5-4-6-18(16)20)21(15-31-23)19-12-17(29-2)8-9-22(19)30-3/h4-9,12-15,25H,10-11H2,1-3H3/b24-23?,26-14+. The van der Waals surface area contributed by atoms with Crippen molar-refractivity contribution in [1.29, 1.82) is 0 Å². The number of nitrogens with one attached hydrogen (secondary N) is 1. The molecule has 0 fully saturated rings. The van der Waals surface area contributed by atoms with Crippen LogP contribution in [0.15, 0.2) is 64.1 Å². The number of rotatable bonds is 8. The largest absolute Gasteiger partial charge is 0.497 e. The van der Waals surface area contributed by atoms with Gasteiger partial charge in [0, 0.05) is 40.7 Å². The highest BCUT2D eigenvalue weighted by atomic mass is 32.1. The molecule has 0 aliphatic heterocycles. The molecule has 2 heterocycles. The summed E-state index contributed by atoms with van der Waals surface area (Å²) in [6.45, 7) is 1.09. The van der Waals surface area contributed by atoms with Gasteiger partial charge in [-0.05, 0) is 24.3 Å². The molecule has 0 bridgehead atoms. The molecule has 0 saturated carbocycles. The number of methoxy groups -OCH3 is 3. The van der Waals surface area contributed by atoms with Gasteiger partial charge >= 0.3 is 0 Å². The fraction of sp³-hybridized carbons (Fsp3) is 0.217. The Bertz CT molecular complexity index is 1270. The highest BCUT2D eigenvalue weighted by Crippen LogP contribution is 2.33. The molecule has 0 unspecified atom stereocenters. The molecule has 0 aliphatic rings. The van der Waals surface area contributed by atoms with Gasteiger partial charge in [0.05, 0.1) is 39.3 Å². The summed E-state index contributed by atoms with van der Waals surface area (Å²) in [5.41, 5.74) is 3.81. The van der Waals surface area contributed by atoms with Crippen LogP contribution in [-0.2, 0) is 4.74 Å². The first-order valence-electron chi connectivity index (χ1n) is 9.78. The normalized spacial score (nSPS) is 12.2. The Hall–Kier alpha value is -3.36. The van der Waals surface area contributed by atoms with Gasteiger partial charge in [-0.2, -0.15) is 5.10 Å². The van der Waals surface area contributed by atoms with E-state index in [1.165, 1.54) is 11.3 Å². The second-order valence-corrected chi connectivity index (χ2v) is 7.53. The number of fused-ring (bicyclic) bond motifs is 1. The second kappa shape index (κ2) is 9.63. The highest BCUT2D eigenvalue weighted by molar-refractivity contribution is 7.07. The smallest absolute Gasteiger partial charge is 0.206 e. The van der Waals surface area contributed by atoms with Crippen molar-refractivity contribution in [3.05, 3.63) is 64.4 Å². The molecule has 0 aliphatic carbocycles. The van der Waals surface area contributed by atoms with Crippen molar-refractivity contribution in [3.63, 3.8) is 0 Å². The Morgan fingerprint density at radius 3 is 2.77 bits per heavy atom. The summed E-state index contributed by atoms with van der Waals surface area (Å²) in [6, 6.07) is 13.8. The fourth-order valence-electron chi connectivity index (χ4n) is 3.27. The summed E-state index contributed by atoms with van der Waals surface area (Å²) in [5.74, 6) is 1.48. The minimum absolute atomic E-state index is 0.544. The molecule has 1 N–H and O–H groups in total. The van der Waals surface area contributed by atoms with Gasteiger partial charge in [-0.1, -0.05) is 18.2 Å². The Morgan fingerprint density at radius 2 is 1.97 bits per heavy atom. The maximum absolute atomic E-state index is 5.60. The van der Waals surface area contributed by atoms with E-state index >= 15 is 0 Å². The van der Waals surface area contributed by atoms with Crippen molar-refractivity contribution in [2.24, 2.45) is 10.1 Å². The molecule has 0 spiro atoms. The number of para-hydroxylation sites is 1. The summed E-state index contributed by atoms with van der Waals surface area (Å²) in [7, 11) is 4.97. The third-order valence-corrected chi connectivity index (χ3v) is 5.70. The topological polar surface area (TPSA) is 73.1 Å². The predicted molar refractivity (Wildman–Crippen MR) is 124 cm³/mol. The summed E-state index contributed by atoms with van der Waals surface area (Å²) in [5, 5.41) is 7.93. The SMILES string of the molecule is COCCN=c1scc(-c2cc(OC)ccc2OC)n1/N=C/c1c[nH]c2ccccc12. The van der Waals surface area contributed by atoms with E-state index in [2.05, 4.69) is 16.0 Å². The van der Waals surface area contributed by atoms with Crippen molar-refractivity contribution >= 4 is 28.5 Å². The quantitative estimate of drug-likeness (QED) is 0.333. The Morgan fingerprint density at radius 1 is 1.10 bits per heavy atom. The molecule has 0 radical (unpaired) electrons. The molecule has 7 nitrogen and oxygen atoms in total. The zero-order chi connectivity index (χ0) is 21.6. The first-order valence-corrected chi connectivity index (χ1v) is 10.7. The van der Waals surface area contributed by atoms with Gasteiger partial charge in [-0.25, -0.2) is 4.68 Å². The Labute approximate surface area is 184 Å². The average Bonchev–Trinajstić information content (AvgIpc) is 3.41. The van der Waals surface area contributed by atoms with Crippen molar-refractivity contribution in [2.45, 2.75) is 0 Å². The zero-order valence-electron chi connectivity index (χ0n) is 17.7. The number of aromatic amines is 1.